The van der Waals surface area contributed by atoms with Gasteiger partial charge in [0.2, 0.25) is 0 Å². The third-order valence-corrected chi connectivity index (χ3v) is 6.75. The molecule has 0 saturated heterocycles. The Balaban J connectivity index is 1.61. The molecule has 0 unspecified atom stereocenters. The van der Waals surface area contributed by atoms with Gasteiger partial charge in [-0.05, 0) is 83.6 Å². The maximum atomic E-state index is 13.4. The molecule has 0 atom stereocenters. The van der Waals surface area contributed by atoms with Gasteiger partial charge in [0, 0.05) is 16.1 Å². The van der Waals surface area contributed by atoms with Crippen molar-refractivity contribution < 1.29 is 18.7 Å². The molecule has 1 aromatic heterocycles. The molecule has 0 spiro atoms. The van der Waals surface area contributed by atoms with Crippen LogP contribution < -0.4 is 20.3 Å². The number of nitrogens with one attached hydrogen (secondary N) is 1. The van der Waals surface area contributed by atoms with Crippen molar-refractivity contribution >= 4 is 67.2 Å². The largest absolute Gasteiger partial charge is 0.490 e. The molecule has 0 bridgehead atoms. The summed E-state index contributed by atoms with van der Waals surface area (Å²) >= 11 is 5.50. The highest BCUT2D eigenvalue weighted by Crippen LogP contribution is 2.34. The SMILES string of the molecule is CCOc1cc(C=Nn2c(C(C)C)nc3ccc(Br)cc3c2=O)cc(I)c1OCC(=O)Nc1cccc(F)c1. The highest BCUT2D eigenvalue weighted by Gasteiger charge is 2.16. The van der Waals surface area contributed by atoms with Crippen LogP contribution >= 0.6 is 38.5 Å². The van der Waals surface area contributed by atoms with E-state index in [0.717, 1.165) is 4.47 Å². The number of halogens is 3. The quantitative estimate of drug-likeness (QED) is 0.162. The van der Waals surface area contributed by atoms with Gasteiger partial charge in [-0.2, -0.15) is 9.78 Å². The van der Waals surface area contributed by atoms with Crippen LogP contribution in [0.25, 0.3) is 10.9 Å². The lowest BCUT2D eigenvalue weighted by atomic mass is 10.2. The van der Waals surface area contributed by atoms with E-state index >= 15 is 0 Å². The number of amides is 1. The van der Waals surface area contributed by atoms with Crippen molar-refractivity contribution in [2.45, 2.75) is 26.7 Å². The molecule has 3 aromatic carbocycles. The summed E-state index contributed by atoms with van der Waals surface area (Å²) in [5, 5.41) is 7.54. The number of nitrogens with zero attached hydrogens (tertiary/aromatic N) is 3. The lowest BCUT2D eigenvalue weighted by molar-refractivity contribution is -0.118. The van der Waals surface area contributed by atoms with Crippen LogP contribution in [0.15, 0.2) is 69.0 Å². The molecule has 0 aliphatic rings. The number of benzene rings is 3. The number of ether oxygens (including phenoxy) is 2. The summed E-state index contributed by atoms with van der Waals surface area (Å²) in [7, 11) is 0. The lowest BCUT2D eigenvalue weighted by Gasteiger charge is -2.15. The maximum Gasteiger partial charge on any atom is 0.282 e. The minimum absolute atomic E-state index is 0.0451. The Morgan fingerprint density at radius 2 is 2.00 bits per heavy atom. The van der Waals surface area contributed by atoms with Gasteiger partial charge in [-0.15, -0.1) is 0 Å². The van der Waals surface area contributed by atoms with Crippen molar-refractivity contribution in [3.63, 3.8) is 0 Å². The first kappa shape index (κ1) is 28.7. The van der Waals surface area contributed by atoms with Gasteiger partial charge in [0.1, 0.15) is 11.6 Å². The summed E-state index contributed by atoms with van der Waals surface area (Å²) in [4.78, 5) is 30.3. The number of rotatable bonds is 9. The molecular formula is C28H25BrFIN4O4. The van der Waals surface area contributed by atoms with Crippen LogP contribution in [0.1, 0.15) is 38.1 Å². The number of anilines is 1. The van der Waals surface area contributed by atoms with Gasteiger partial charge in [0.05, 0.1) is 27.3 Å². The van der Waals surface area contributed by atoms with Crippen LogP contribution in [-0.2, 0) is 4.79 Å². The smallest absolute Gasteiger partial charge is 0.282 e. The van der Waals surface area contributed by atoms with E-state index in [9.17, 15) is 14.0 Å². The molecule has 39 heavy (non-hydrogen) atoms. The Labute approximate surface area is 246 Å². The molecule has 11 heteroatoms. The minimum Gasteiger partial charge on any atom is -0.490 e. The van der Waals surface area contributed by atoms with Crippen molar-refractivity contribution in [3.8, 4) is 11.5 Å². The standard InChI is InChI=1S/C28H25BrFIN4O4/c1-4-38-24-11-17(10-22(31)26(24)39-15-25(36)33-20-7-5-6-19(30)13-20)14-32-35-27(16(2)3)34-23-9-8-18(29)12-21(23)28(35)37/h5-14,16H,4,15H2,1-3H3,(H,33,36). The van der Waals surface area contributed by atoms with Crippen LogP contribution in [0.3, 0.4) is 0 Å². The number of carbonyl (C=O) groups is 1. The van der Waals surface area contributed by atoms with Gasteiger partial charge in [0.25, 0.3) is 11.5 Å². The van der Waals surface area contributed by atoms with Crippen LogP contribution in [0.4, 0.5) is 10.1 Å². The van der Waals surface area contributed by atoms with E-state index < -0.39 is 11.7 Å². The van der Waals surface area contributed by atoms with Crippen LogP contribution in [0.5, 0.6) is 11.5 Å². The molecule has 0 saturated carbocycles. The Bertz CT molecular complexity index is 1620. The molecule has 0 aliphatic carbocycles. The second-order valence-electron chi connectivity index (χ2n) is 8.76. The Morgan fingerprint density at radius 3 is 2.72 bits per heavy atom. The fraction of sp³-hybridized carbons (Fsp3) is 0.214. The number of hydrogen-bond acceptors (Lipinski definition) is 6. The average Bonchev–Trinajstić information content (AvgIpc) is 2.88. The molecular weight excluding hydrogens is 682 g/mol. The summed E-state index contributed by atoms with van der Waals surface area (Å²) in [6, 6.07) is 14.5. The third kappa shape index (κ3) is 7.01. The predicted octanol–water partition coefficient (Wildman–Crippen LogP) is 6.32. The minimum atomic E-state index is -0.450. The maximum absolute atomic E-state index is 13.4. The summed E-state index contributed by atoms with van der Waals surface area (Å²) in [6.07, 6.45) is 1.56. The van der Waals surface area contributed by atoms with E-state index in [1.165, 1.54) is 22.9 Å². The molecule has 4 rings (SSSR count). The molecule has 1 amide bonds. The Kier molecular flexibility index (Phi) is 9.33. The molecule has 1 heterocycles. The second-order valence-corrected chi connectivity index (χ2v) is 10.8. The Morgan fingerprint density at radius 1 is 1.21 bits per heavy atom. The fourth-order valence-electron chi connectivity index (χ4n) is 3.74. The molecule has 0 aliphatic heterocycles. The van der Waals surface area contributed by atoms with E-state index in [4.69, 9.17) is 9.47 Å². The van der Waals surface area contributed by atoms with E-state index in [-0.39, 0.29) is 18.1 Å². The molecule has 8 nitrogen and oxygen atoms in total. The number of hydrogen-bond donors (Lipinski definition) is 1. The zero-order valence-electron chi connectivity index (χ0n) is 21.4. The lowest BCUT2D eigenvalue weighted by Crippen LogP contribution is -2.23. The zero-order chi connectivity index (χ0) is 28.1. The van der Waals surface area contributed by atoms with Gasteiger partial charge in [-0.1, -0.05) is 35.8 Å². The third-order valence-electron chi connectivity index (χ3n) is 5.46. The summed E-state index contributed by atoms with van der Waals surface area (Å²) in [6.45, 7) is 5.80. The van der Waals surface area contributed by atoms with Crippen molar-refractivity contribution in [1.29, 1.82) is 0 Å². The first-order valence-corrected chi connectivity index (χ1v) is 13.9. The van der Waals surface area contributed by atoms with Gasteiger partial charge < -0.3 is 14.8 Å². The number of aromatic nitrogens is 2. The van der Waals surface area contributed by atoms with Crippen molar-refractivity contribution in [2.24, 2.45) is 5.10 Å². The summed E-state index contributed by atoms with van der Waals surface area (Å²) in [5.74, 6) is 0.406. The van der Waals surface area contributed by atoms with E-state index in [0.29, 0.717) is 49.7 Å². The number of carbonyl (C=O) groups excluding carboxylic acids is 1. The van der Waals surface area contributed by atoms with Gasteiger partial charge in [-0.3, -0.25) is 9.59 Å². The normalized spacial score (nSPS) is 11.4. The van der Waals surface area contributed by atoms with E-state index in [1.807, 2.05) is 26.8 Å². The van der Waals surface area contributed by atoms with Gasteiger partial charge >= 0.3 is 0 Å². The Hall–Kier alpha value is -3.32. The number of fused-ring (bicyclic) bond motifs is 1. The predicted molar refractivity (Wildman–Crippen MR) is 162 cm³/mol. The van der Waals surface area contributed by atoms with Crippen molar-refractivity contribution in [2.75, 3.05) is 18.5 Å². The molecule has 202 valence electrons. The summed E-state index contributed by atoms with van der Waals surface area (Å²) < 4.78 is 27.7. The monoisotopic (exact) mass is 706 g/mol. The highest BCUT2D eigenvalue weighted by atomic mass is 127. The first-order valence-electron chi connectivity index (χ1n) is 12.1. The van der Waals surface area contributed by atoms with Crippen molar-refractivity contribution in [1.82, 2.24) is 9.66 Å². The first-order chi connectivity index (χ1) is 18.7. The fourth-order valence-corrected chi connectivity index (χ4v) is 4.88. The summed E-state index contributed by atoms with van der Waals surface area (Å²) in [5.41, 5.74) is 1.33. The molecule has 0 radical (unpaired) electrons. The molecule has 1 N–H and O–H groups in total. The van der Waals surface area contributed by atoms with Gasteiger partial charge in [0.15, 0.2) is 18.1 Å². The van der Waals surface area contributed by atoms with E-state index in [1.54, 1.807) is 36.5 Å². The second kappa shape index (κ2) is 12.7. The van der Waals surface area contributed by atoms with Crippen LogP contribution in [-0.4, -0.2) is 35.0 Å². The topological polar surface area (TPSA) is 94.8 Å². The molecule has 4 aromatic rings. The van der Waals surface area contributed by atoms with Crippen LogP contribution in [0.2, 0.25) is 0 Å². The highest BCUT2D eigenvalue weighted by molar-refractivity contribution is 14.1. The molecule has 0 fully saturated rings. The van der Waals surface area contributed by atoms with Gasteiger partial charge in [-0.25, -0.2) is 9.37 Å². The van der Waals surface area contributed by atoms with E-state index in [2.05, 4.69) is 53.9 Å². The zero-order valence-corrected chi connectivity index (χ0v) is 25.1. The average molecular weight is 707 g/mol. The van der Waals surface area contributed by atoms with Crippen molar-refractivity contribution in [3.05, 3.63) is 90.2 Å². The van der Waals surface area contributed by atoms with Crippen LogP contribution in [0, 0.1) is 9.39 Å².